The minimum atomic E-state index is -0.300. The second-order valence-electron chi connectivity index (χ2n) is 4.56. The maximum Gasteiger partial charge on any atom is 0.123 e. The molecule has 2 rings (SSSR count). The molecule has 0 aliphatic heterocycles. The largest absolute Gasteiger partial charge is 0.493 e. The van der Waals surface area contributed by atoms with Crippen LogP contribution in [-0.2, 0) is 0 Å². The number of rotatable bonds is 5. The fourth-order valence-electron chi connectivity index (χ4n) is 1.92. The highest BCUT2D eigenvalue weighted by atomic mass is 19.1. The summed E-state index contributed by atoms with van der Waals surface area (Å²) in [6.45, 7) is 2.24. The number of aliphatic hydroxyl groups is 1. The van der Waals surface area contributed by atoms with Crippen LogP contribution < -0.4 is 4.74 Å². The van der Waals surface area contributed by atoms with E-state index in [0.717, 1.165) is 16.9 Å². The van der Waals surface area contributed by atoms with Crippen LogP contribution in [0.5, 0.6) is 5.75 Å². The Morgan fingerprint density at radius 3 is 2.63 bits per heavy atom. The summed E-state index contributed by atoms with van der Waals surface area (Å²) in [5.41, 5.74) is 1.86. The van der Waals surface area contributed by atoms with E-state index in [-0.39, 0.29) is 18.3 Å². The highest BCUT2D eigenvalue weighted by Crippen LogP contribution is 2.19. The number of hydrogen-bond acceptors (Lipinski definition) is 2. The molecule has 1 N–H and O–H groups in total. The molecule has 0 heterocycles. The Hall–Kier alpha value is -1.87. The molecule has 0 amide bonds. The van der Waals surface area contributed by atoms with Crippen LogP contribution in [0.2, 0.25) is 0 Å². The van der Waals surface area contributed by atoms with Crippen molar-refractivity contribution in [2.45, 2.75) is 12.8 Å². The van der Waals surface area contributed by atoms with E-state index in [2.05, 4.69) is 0 Å². The minimum absolute atomic E-state index is 0.0741. The van der Waals surface area contributed by atoms with Crippen molar-refractivity contribution >= 4 is 0 Å². The van der Waals surface area contributed by atoms with Gasteiger partial charge in [0.05, 0.1) is 13.2 Å². The average molecular weight is 260 g/mol. The minimum Gasteiger partial charge on any atom is -0.493 e. The Morgan fingerprint density at radius 1 is 1.16 bits per heavy atom. The third-order valence-electron chi connectivity index (χ3n) is 2.98. The topological polar surface area (TPSA) is 29.5 Å². The molecule has 0 aromatic heterocycles. The second-order valence-corrected chi connectivity index (χ2v) is 4.56. The SMILES string of the molecule is Cc1cccc(OCC(CO)c2cccc(F)c2)c1. The summed E-state index contributed by atoms with van der Waals surface area (Å²) in [5, 5.41) is 9.40. The molecule has 2 aromatic rings. The van der Waals surface area contributed by atoms with Crippen LogP contribution >= 0.6 is 0 Å². The van der Waals surface area contributed by atoms with Gasteiger partial charge >= 0.3 is 0 Å². The maximum absolute atomic E-state index is 13.2. The van der Waals surface area contributed by atoms with Gasteiger partial charge in [-0.15, -0.1) is 0 Å². The molecule has 0 bridgehead atoms. The van der Waals surface area contributed by atoms with E-state index in [4.69, 9.17) is 4.74 Å². The Kier molecular flexibility index (Phi) is 4.53. The van der Waals surface area contributed by atoms with E-state index in [0.29, 0.717) is 6.61 Å². The number of ether oxygens (including phenoxy) is 1. The second kappa shape index (κ2) is 6.34. The first-order valence-corrected chi connectivity index (χ1v) is 6.25. The van der Waals surface area contributed by atoms with Gasteiger partial charge in [0.15, 0.2) is 0 Å². The Labute approximate surface area is 112 Å². The van der Waals surface area contributed by atoms with Crippen LogP contribution in [0.3, 0.4) is 0 Å². The summed E-state index contributed by atoms with van der Waals surface area (Å²) in [7, 11) is 0. The number of benzene rings is 2. The van der Waals surface area contributed by atoms with Gasteiger partial charge in [0.1, 0.15) is 11.6 Å². The fraction of sp³-hybridized carbons (Fsp3) is 0.250. The van der Waals surface area contributed by atoms with Gasteiger partial charge in [0.25, 0.3) is 0 Å². The van der Waals surface area contributed by atoms with Crippen LogP contribution in [0.1, 0.15) is 17.0 Å². The van der Waals surface area contributed by atoms with Crippen LogP contribution in [0.25, 0.3) is 0 Å². The standard InChI is InChI=1S/C16H17FO2/c1-12-4-2-7-16(8-12)19-11-14(10-18)13-5-3-6-15(17)9-13/h2-9,14,18H,10-11H2,1H3. The summed E-state index contributed by atoms with van der Waals surface area (Å²) in [6.07, 6.45) is 0. The lowest BCUT2D eigenvalue weighted by atomic mass is 10.0. The molecule has 0 aliphatic rings. The van der Waals surface area contributed by atoms with Gasteiger partial charge in [-0.3, -0.25) is 0 Å². The van der Waals surface area contributed by atoms with Crippen molar-refractivity contribution in [3.05, 3.63) is 65.5 Å². The molecular formula is C16H17FO2. The van der Waals surface area contributed by atoms with Gasteiger partial charge in [-0.25, -0.2) is 4.39 Å². The number of aryl methyl sites for hydroxylation is 1. The van der Waals surface area contributed by atoms with Crippen LogP contribution in [0.15, 0.2) is 48.5 Å². The molecule has 2 aromatic carbocycles. The lowest BCUT2D eigenvalue weighted by Crippen LogP contribution is -2.14. The third-order valence-corrected chi connectivity index (χ3v) is 2.98. The van der Waals surface area contributed by atoms with E-state index in [1.54, 1.807) is 12.1 Å². The molecule has 0 spiro atoms. The summed E-state index contributed by atoms with van der Waals surface area (Å²) in [6, 6.07) is 14.0. The predicted molar refractivity (Wildman–Crippen MR) is 72.9 cm³/mol. The van der Waals surface area contributed by atoms with Crippen LogP contribution in [0, 0.1) is 12.7 Å². The zero-order chi connectivity index (χ0) is 13.7. The molecule has 100 valence electrons. The first-order chi connectivity index (χ1) is 9.19. The summed E-state index contributed by atoms with van der Waals surface area (Å²) >= 11 is 0. The van der Waals surface area contributed by atoms with Crippen LogP contribution in [-0.4, -0.2) is 18.3 Å². The highest BCUT2D eigenvalue weighted by Gasteiger charge is 2.12. The normalized spacial score (nSPS) is 12.2. The van der Waals surface area contributed by atoms with E-state index in [9.17, 15) is 9.50 Å². The molecule has 19 heavy (non-hydrogen) atoms. The summed E-state index contributed by atoms with van der Waals surface area (Å²) < 4.78 is 18.8. The summed E-state index contributed by atoms with van der Waals surface area (Å²) in [4.78, 5) is 0. The van der Waals surface area contributed by atoms with Crippen molar-refractivity contribution in [2.75, 3.05) is 13.2 Å². The molecule has 0 saturated carbocycles. The monoisotopic (exact) mass is 260 g/mol. The molecular weight excluding hydrogens is 243 g/mol. The molecule has 1 unspecified atom stereocenters. The van der Waals surface area contributed by atoms with Crippen molar-refractivity contribution in [1.82, 2.24) is 0 Å². The Bertz CT molecular complexity index is 540. The van der Waals surface area contributed by atoms with Crippen molar-refractivity contribution in [1.29, 1.82) is 0 Å². The van der Waals surface area contributed by atoms with Crippen molar-refractivity contribution in [3.8, 4) is 5.75 Å². The van der Waals surface area contributed by atoms with Gasteiger partial charge < -0.3 is 9.84 Å². The Balaban J connectivity index is 2.04. The quantitative estimate of drug-likeness (QED) is 0.894. The maximum atomic E-state index is 13.2. The molecule has 3 heteroatoms. The molecule has 2 nitrogen and oxygen atoms in total. The van der Waals surface area contributed by atoms with Crippen molar-refractivity contribution in [2.24, 2.45) is 0 Å². The zero-order valence-electron chi connectivity index (χ0n) is 10.8. The lowest BCUT2D eigenvalue weighted by molar-refractivity contribution is 0.205. The van der Waals surface area contributed by atoms with E-state index in [1.165, 1.54) is 12.1 Å². The fourth-order valence-corrected chi connectivity index (χ4v) is 1.92. The average Bonchev–Trinajstić information content (AvgIpc) is 2.40. The lowest BCUT2D eigenvalue weighted by Gasteiger charge is -2.16. The number of hydrogen-bond donors (Lipinski definition) is 1. The van der Waals surface area contributed by atoms with Crippen molar-refractivity contribution in [3.63, 3.8) is 0 Å². The third kappa shape index (κ3) is 3.80. The molecule has 0 radical (unpaired) electrons. The molecule has 0 saturated heterocycles. The highest BCUT2D eigenvalue weighted by molar-refractivity contribution is 5.28. The molecule has 0 fully saturated rings. The van der Waals surface area contributed by atoms with Crippen molar-refractivity contribution < 1.29 is 14.2 Å². The first-order valence-electron chi connectivity index (χ1n) is 6.25. The number of aliphatic hydroxyl groups excluding tert-OH is 1. The smallest absolute Gasteiger partial charge is 0.123 e. The Morgan fingerprint density at radius 2 is 1.95 bits per heavy atom. The van der Waals surface area contributed by atoms with E-state index >= 15 is 0 Å². The van der Waals surface area contributed by atoms with Gasteiger partial charge in [-0.1, -0.05) is 24.3 Å². The van der Waals surface area contributed by atoms with Crippen LogP contribution in [0.4, 0.5) is 4.39 Å². The number of halogens is 1. The van der Waals surface area contributed by atoms with Gasteiger partial charge in [0, 0.05) is 5.92 Å². The van der Waals surface area contributed by atoms with Gasteiger partial charge in [-0.2, -0.15) is 0 Å². The zero-order valence-corrected chi connectivity index (χ0v) is 10.8. The van der Waals surface area contributed by atoms with E-state index < -0.39 is 0 Å². The summed E-state index contributed by atoms with van der Waals surface area (Å²) in [5.74, 6) is 0.234. The molecule has 0 aliphatic carbocycles. The van der Waals surface area contributed by atoms with E-state index in [1.807, 2.05) is 31.2 Å². The first kappa shape index (κ1) is 13.6. The molecule has 1 atom stereocenters. The van der Waals surface area contributed by atoms with Gasteiger partial charge in [-0.05, 0) is 42.3 Å². The van der Waals surface area contributed by atoms with Gasteiger partial charge in [0.2, 0.25) is 0 Å². The predicted octanol–water partition coefficient (Wildman–Crippen LogP) is 3.29.